The average Bonchev–Trinajstić information content (AvgIpc) is 3.58. The Bertz CT molecular complexity index is 1470. The number of aryl methyl sites for hydroxylation is 1. The number of amides is 2. The van der Waals surface area contributed by atoms with Crippen LogP contribution in [-0.2, 0) is 14.4 Å². The van der Waals surface area contributed by atoms with Crippen molar-refractivity contribution in [3.8, 4) is 11.3 Å². The topological polar surface area (TPSA) is 63.0 Å². The van der Waals surface area contributed by atoms with Gasteiger partial charge >= 0.3 is 0 Å². The third-order valence-electron chi connectivity index (χ3n) is 6.54. The van der Waals surface area contributed by atoms with Gasteiger partial charge in [0.25, 0.3) is 5.91 Å². The third-order valence-corrected chi connectivity index (χ3v) is 7.28. The first-order valence-corrected chi connectivity index (χ1v) is 12.2. The first-order chi connectivity index (χ1) is 17.4. The van der Waals surface area contributed by atoms with Crippen molar-refractivity contribution in [3.63, 3.8) is 0 Å². The van der Waals surface area contributed by atoms with Gasteiger partial charge in [-0.3, -0.25) is 14.4 Å². The molecule has 0 spiro atoms. The van der Waals surface area contributed by atoms with Crippen LogP contribution in [0.4, 0.5) is 11.4 Å². The molecule has 8 heteroatoms. The lowest BCUT2D eigenvalue weighted by Crippen LogP contribution is -2.37. The van der Waals surface area contributed by atoms with Crippen LogP contribution in [0.15, 0.2) is 89.3 Å². The predicted molar refractivity (Wildman–Crippen MR) is 138 cm³/mol. The van der Waals surface area contributed by atoms with E-state index in [1.54, 1.807) is 35.4 Å². The number of carbonyl (C=O) groups excluding carboxylic acids is 2. The lowest BCUT2D eigenvalue weighted by atomic mass is 9.94. The Kier molecular flexibility index (Phi) is 5.60. The predicted octanol–water partition coefficient (Wildman–Crippen LogP) is 6.61. The lowest BCUT2D eigenvalue weighted by molar-refractivity contribution is -0.126. The summed E-state index contributed by atoms with van der Waals surface area (Å²) < 4.78 is 6.24. The standard InChI is InChI=1S/C28H20Cl2N2O4/c1-16-7-10-18(11-8-16)31-27(33)24-25(32(36-26(24)28(31)34)19-5-3-2-4-6-19)23-14-13-22(35-23)17-9-12-20(29)21(30)15-17/h2-15,24-26H,1H3/t24-,25+,26+/m0/s1. The van der Waals surface area contributed by atoms with Gasteiger partial charge in [0, 0.05) is 5.56 Å². The Labute approximate surface area is 217 Å². The maximum atomic E-state index is 13.7. The van der Waals surface area contributed by atoms with Crippen LogP contribution >= 0.6 is 23.2 Å². The van der Waals surface area contributed by atoms with Gasteiger partial charge in [-0.05, 0) is 61.5 Å². The zero-order valence-corrected chi connectivity index (χ0v) is 20.6. The molecule has 3 heterocycles. The second-order valence-corrected chi connectivity index (χ2v) is 9.65. The van der Waals surface area contributed by atoms with E-state index in [4.69, 9.17) is 32.5 Å². The number of rotatable bonds is 4. The van der Waals surface area contributed by atoms with Crippen molar-refractivity contribution in [1.82, 2.24) is 0 Å². The van der Waals surface area contributed by atoms with Crippen molar-refractivity contribution in [2.75, 3.05) is 9.96 Å². The highest BCUT2D eigenvalue weighted by Gasteiger charge is 2.61. The number of benzene rings is 3. The number of halogens is 2. The van der Waals surface area contributed by atoms with E-state index in [2.05, 4.69) is 0 Å². The van der Waals surface area contributed by atoms with Crippen LogP contribution in [0.25, 0.3) is 11.3 Å². The third kappa shape index (κ3) is 3.69. The quantitative estimate of drug-likeness (QED) is 0.284. The molecule has 0 bridgehead atoms. The molecule has 3 aromatic carbocycles. The molecule has 3 atom stereocenters. The Balaban J connectivity index is 1.41. The molecule has 2 amide bonds. The van der Waals surface area contributed by atoms with Crippen molar-refractivity contribution >= 4 is 46.4 Å². The van der Waals surface area contributed by atoms with Crippen LogP contribution in [0.5, 0.6) is 0 Å². The molecule has 6 nitrogen and oxygen atoms in total. The zero-order valence-electron chi connectivity index (χ0n) is 19.1. The molecular formula is C28H20Cl2N2O4. The van der Waals surface area contributed by atoms with Crippen LogP contribution in [0.1, 0.15) is 17.4 Å². The maximum absolute atomic E-state index is 13.7. The van der Waals surface area contributed by atoms with Crippen LogP contribution in [-0.4, -0.2) is 17.9 Å². The van der Waals surface area contributed by atoms with E-state index >= 15 is 0 Å². The van der Waals surface area contributed by atoms with E-state index in [0.29, 0.717) is 32.9 Å². The number of fused-ring (bicyclic) bond motifs is 1. The van der Waals surface area contributed by atoms with E-state index in [-0.39, 0.29) is 5.91 Å². The lowest BCUT2D eigenvalue weighted by Gasteiger charge is -2.27. The number of hydrogen-bond donors (Lipinski definition) is 0. The molecule has 2 aliphatic rings. The summed E-state index contributed by atoms with van der Waals surface area (Å²) in [5, 5.41) is 2.46. The summed E-state index contributed by atoms with van der Waals surface area (Å²) in [6.07, 6.45) is -0.970. The Morgan fingerprint density at radius 3 is 2.25 bits per heavy atom. The van der Waals surface area contributed by atoms with Gasteiger partial charge in [-0.1, -0.05) is 59.1 Å². The monoisotopic (exact) mass is 518 g/mol. The number of para-hydroxylation sites is 1. The second-order valence-electron chi connectivity index (χ2n) is 8.84. The van der Waals surface area contributed by atoms with Gasteiger partial charge < -0.3 is 4.42 Å². The van der Waals surface area contributed by atoms with Gasteiger partial charge in [0.15, 0.2) is 6.10 Å². The highest BCUT2D eigenvalue weighted by atomic mass is 35.5. The van der Waals surface area contributed by atoms with E-state index in [1.807, 2.05) is 61.5 Å². The smallest absolute Gasteiger partial charge is 0.266 e. The molecule has 2 aliphatic heterocycles. The molecular weight excluding hydrogens is 499 g/mol. The summed E-state index contributed by atoms with van der Waals surface area (Å²) >= 11 is 12.3. The summed E-state index contributed by atoms with van der Waals surface area (Å²) in [5.74, 6) is -0.448. The molecule has 4 aromatic rings. The van der Waals surface area contributed by atoms with E-state index in [1.165, 1.54) is 4.90 Å². The van der Waals surface area contributed by atoms with Crippen molar-refractivity contribution in [2.45, 2.75) is 19.1 Å². The van der Waals surface area contributed by atoms with Gasteiger partial charge in [0.2, 0.25) is 5.91 Å². The highest BCUT2D eigenvalue weighted by Crippen LogP contribution is 2.48. The van der Waals surface area contributed by atoms with Crippen LogP contribution < -0.4 is 9.96 Å². The number of furan rings is 1. The minimum absolute atomic E-state index is 0.329. The van der Waals surface area contributed by atoms with E-state index in [0.717, 1.165) is 11.1 Å². The van der Waals surface area contributed by atoms with Gasteiger partial charge in [-0.15, -0.1) is 0 Å². The maximum Gasteiger partial charge on any atom is 0.266 e. The zero-order chi connectivity index (χ0) is 25.0. The van der Waals surface area contributed by atoms with Gasteiger partial charge in [-0.2, -0.15) is 0 Å². The SMILES string of the molecule is Cc1ccc(N2C(=O)[C@H]3[C@@H](c4ccc(-c5ccc(Cl)c(Cl)c5)o4)N(c4ccccc4)O[C@H]3C2=O)cc1. The van der Waals surface area contributed by atoms with Crippen molar-refractivity contribution < 1.29 is 18.8 Å². The van der Waals surface area contributed by atoms with Gasteiger partial charge in [-0.25, -0.2) is 9.96 Å². The van der Waals surface area contributed by atoms with Crippen molar-refractivity contribution in [3.05, 3.63) is 106 Å². The molecule has 6 rings (SSSR count). The summed E-state index contributed by atoms with van der Waals surface area (Å²) in [6, 6.07) is 24.8. The first-order valence-electron chi connectivity index (χ1n) is 11.4. The number of carbonyl (C=O) groups is 2. The molecule has 2 saturated heterocycles. The van der Waals surface area contributed by atoms with Crippen molar-refractivity contribution in [1.29, 1.82) is 0 Å². The molecule has 2 fully saturated rings. The minimum Gasteiger partial charge on any atom is -0.459 e. The van der Waals surface area contributed by atoms with E-state index in [9.17, 15) is 9.59 Å². The molecule has 180 valence electrons. The fourth-order valence-corrected chi connectivity index (χ4v) is 5.06. The first kappa shape index (κ1) is 22.9. The minimum atomic E-state index is -0.970. The van der Waals surface area contributed by atoms with Crippen LogP contribution in [0.3, 0.4) is 0 Å². The normalized spacial score (nSPS) is 21.4. The molecule has 0 N–H and O–H groups in total. The number of hydroxylamine groups is 1. The number of anilines is 2. The molecule has 0 radical (unpaired) electrons. The number of imide groups is 1. The Hall–Kier alpha value is -3.58. The number of nitrogens with zero attached hydrogens (tertiary/aromatic N) is 2. The average molecular weight is 519 g/mol. The molecule has 0 saturated carbocycles. The second kappa shape index (κ2) is 8.82. The fourth-order valence-electron chi connectivity index (χ4n) is 4.77. The fraction of sp³-hybridized carbons (Fsp3) is 0.143. The Morgan fingerprint density at radius 2 is 1.53 bits per heavy atom. The summed E-state index contributed by atoms with van der Waals surface area (Å²) in [4.78, 5) is 34.5. The highest BCUT2D eigenvalue weighted by molar-refractivity contribution is 6.42. The number of hydrogen-bond acceptors (Lipinski definition) is 5. The Morgan fingerprint density at radius 1 is 0.778 bits per heavy atom. The van der Waals surface area contributed by atoms with Crippen LogP contribution in [0.2, 0.25) is 10.0 Å². The van der Waals surface area contributed by atoms with Crippen molar-refractivity contribution in [2.24, 2.45) is 5.92 Å². The van der Waals surface area contributed by atoms with Gasteiger partial charge in [0.05, 0.1) is 21.4 Å². The van der Waals surface area contributed by atoms with Gasteiger partial charge in [0.1, 0.15) is 23.5 Å². The summed E-state index contributed by atoms with van der Waals surface area (Å²) in [5.41, 5.74) is 3.02. The molecule has 1 aromatic heterocycles. The summed E-state index contributed by atoms with van der Waals surface area (Å²) in [7, 11) is 0. The molecule has 36 heavy (non-hydrogen) atoms. The largest absolute Gasteiger partial charge is 0.459 e. The molecule has 0 aliphatic carbocycles. The summed E-state index contributed by atoms with van der Waals surface area (Å²) in [6.45, 7) is 1.95. The van der Waals surface area contributed by atoms with Crippen LogP contribution in [0, 0.1) is 12.8 Å². The molecule has 0 unspecified atom stereocenters. The van der Waals surface area contributed by atoms with E-state index < -0.39 is 24.0 Å².